The Labute approximate surface area is 178 Å². The van der Waals surface area contributed by atoms with Gasteiger partial charge in [0.25, 0.3) is 11.5 Å². The predicted octanol–water partition coefficient (Wildman–Crippen LogP) is 1.19. The van der Waals surface area contributed by atoms with Crippen molar-refractivity contribution in [2.24, 2.45) is 0 Å². The molecule has 1 aliphatic rings. The second-order valence-corrected chi connectivity index (χ2v) is 7.39. The van der Waals surface area contributed by atoms with Crippen molar-refractivity contribution < 1.29 is 19.4 Å². The summed E-state index contributed by atoms with van der Waals surface area (Å²) in [6.07, 6.45) is 4.18. The van der Waals surface area contributed by atoms with Crippen molar-refractivity contribution in [1.29, 1.82) is 0 Å². The number of carbonyl (C=O) groups is 1. The zero-order chi connectivity index (χ0) is 22.1. The first kappa shape index (κ1) is 20.8. The molecule has 0 bridgehead atoms. The fourth-order valence-electron chi connectivity index (χ4n) is 3.72. The maximum Gasteiger partial charge on any atom is 0.295 e. The summed E-state index contributed by atoms with van der Waals surface area (Å²) in [5.41, 5.74) is 1.39. The number of aliphatic hydroxyl groups excluding tert-OH is 1. The van der Waals surface area contributed by atoms with Gasteiger partial charge in [-0.05, 0) is 24.3 Å². The summed E-state index contributed by atoms with van der Waals surface area (Å²) >= 11 is 0. The van der Waals surface area contributed by atoms with Crippen LogP contribution in [-0.2, 0) is 11.3 Å². The van der Waals surface area contributed by atoms with Crippen molar-refractivity contribution in [2.45, 2.75) is 18.7 Å². The number of nitrogens with zero attached hydrogens (tertiary/aromatic N) is 4. The number of benzene rings is 1. The first-order valence-corrected chi connectivity index (χ1v) is 9.85. The summed E-state index contributed by atoms with van der Waals surface area (Å²) in [5, 5.41) is 10.0. The molecule has 9 heteroatoms. The van der Waals surface area contributed by atoms with Crippen LogP contribution < -0.4 is 10.3 Å². The predicted molar refractivity (Wildman–Crippen MR) is 114 cm³/mol. The second kappa shape index (κ2) is 8.37. The van der Waals surface area contributed by atoms with E-state index in [2.05, 4.69) is 11.6 Å². The van der Waals surface area contributed by atoms with Gasteiger partial charge in [-0.2, -0.15) is 0 Å². The van der Waals surface area contributed by atoms with Gasteiger partial charge in [-0.25, -0.2) is 4.98 Å². The molecule has 0 spiro atoms. The molecule has 31 heavy (non-hydrogen) atoms. The van der Waals surface area contributed by atoms with Crippen molar-refractivity contribution >= 4 is 11.6 Å². The lowest BCUT2D eigenvalue weighted by Crippen LogP contribution is -2.44. The lowest BCUT2D eigenvalue weighted by molar-refractivity contribution is 0.0576. The number of aromatic nitrogens is 3. The summed E-state index contributed by atoms with van der Waals surface area (Å²) < 4.78 is 13.6. The van der Waals surface area contributed by atoms with E-state index in [0.29, 0.717) is 18.0 Å². The third-order valence-corrected chi connectivity index (χ3v) is 5.48. The quantitative estimate of drug-likeness (QED) is 0.597. The number of allylic oxidation sites excluding steroid dienone is 1. The molecule has 0 saturated carbocycles. The monoisotopic (exact) mass is 424 g/mol. The number of hydrogen-bond donors (Lipinski definition) is 1. The van der Waals surface area contributed by atoms with Crippen molar-refractivity contribution in [1.82, 2.24) is 18.9 Å². The number of aliphatic hydroxyl groups is 1. The topological polar surface area (TPSA) is 98.3 Å². The lowest BCUT2D eigenvalue weighted by Gasteiger charge is -2.24. The van der Waals surface area contributed by atoms with Gasteiger partial charge < -0.3 is 19.5 Å². The van der Waals surface area contributed by atoms with Crippen LogP contribution in [0.1, 0.15) is 10.5 Å². The lowest BCUT2D eigenvalue weighted by atomic mass is 10.1. The van der Waals surface area contributed by atoms with Gasteiger partial charge in [0, 0.05) is 31.5 Å². The molecule has 1 N–H and O–H groups in total. The van der Waals surface area contributed by atoms with E-state index in [1.165, 1.54) is 11.1 Å². The van der Waals surface area contributed by atoms with Gasteiger partial charge in [-0.3, -0.25) is 18.6 Å². The van der Waals surface area contributed by atoms with E-state index in [1.807, 2.05) is 24.3 Å². The number of likely N-dealkylation sites (N-methyl/N-ethyl adjacent to an activating group) is 1. The number of amides is 1. The maximum absolute atomic E-state index is 13.2. The fourth-order valence-corrected chi connectivity index (χ4v) is 3.72. The third-order valence-electron chi connectivity index (χ3n) is 5.48. The Balaban J connectivity index is 1.78. The van der Waals surface area contributed by atoms with E-state index in [0.717, 1.165) is 5.56 Å². The van der Waals surface area contributed by atoms with Gasteiger partial charge in [0.2, 0.25) is 5.65 Å². The average molecular weight is 424 g/mol. The molecule has 3 aromatic rings. The minimum absolute atomic E-state index is 0.121. The van der Waals surface area contributed by atoms with Gasteiger partial charge >= 0.3 is 0 Å². The normalized spacial score (nSPS) is 18.3. The Morgan fingerprint density at radius 1 is 1.35 bits per heavy atom. The molecule has 1 aromatic carbocycles. The van der Waals surface area contributed by atoms with Crippen molar-refractivity contribution in [3.63, 3.8) is 0 Å². The molecule has 1 amide bonds. The molecular formula is C22H24N4O5. The minimum atomic E-state index is -0.752. The standard InChI is InChI=1S/C22H24N4O5/c1-4-9-26-17(14-5-7-15(30-3)8-6-14)11-25-10-16(23-20(25)22(26)29)21(28)24(2)18-12-31-13-19(18)27/h4-8,10-11,18-19,27H,1,9,12-13H2,2-3H3/t18-,19-/m0/s1. The summed E-state index contributed by atoms with van der Waals surface area (Å²) in [6.45, 7) is 4.47. The van der Waals surface area contributed by atoms with Crippen LogP contribution in [0, 0.1) is 0 Å². The molecule has 9 nitrogen and oxygen atoms in total. The van der Waals surface area contributed by atoms with Crippen LogP contribution >= 0.6 is 0 Å². The second-order valence-electron chi connectivity index (χ2n) is 7.39. The zero-order valence-electron chi connectivity index (χ0n) is 17.4. The number of carbonyl (C=O) groups excluding carboxylic acids is 1. The molecule has 1 fully saturated rings. The van der Waals surface area contributed by atoms with E-state index in [1.54, 1.807) is 35.4 Å². The molecule has 2 atom stereocenters. The molecule has 4 rings (SSSR count). The van der Waals surface area contributed by atoms with Gasteiger partial charge in [-0.1, -0.05) is 6.08 Å². The Hall–Kier alpha value is -3.43. The number of methoxy groups -OCH3 is 1. The number of imidazole rings is 1. The zero-order valence-corrected chi connectivity index (χ0v) is 17.4. The molecule has 1 aliphatic heterocycles. The molecule has 3 heterocycles. The van der Waals surface area contributed by atoms with Crippen LogP contribution in [0.4, 0.5) is 0 Å². The Bertz CT molecular complexity index is 1180. The number of hydrogen-bond acceptors (Lipinski definition) is 6. The highest BCUT2D eigenvalue weighted by Gasteiger charge is 2.33. The van der Waals surface area contributed by atoms with Gasteiger partial charge in [0.1, 0.15) is 11.4 Å². The van der Waals surface area contributed by atoms with E-state index < -0.39 is 12.1 Å². The van der Waals surface area contributed by atoms with Crippen LogP contribution in [0.5, 0.6) is 5.75 Å². The number of rotatable bonds is 6. The third kappa shape index (κ3) is 3.73. The smallest absolute Gasteiger partial charge is 0.295 e. The van der Waals surface area contributed by atoms with Gasteiger partial charge in [-0.15, -0.1) is 6.58 Å². The molecule has 2 aromatic heterocycles. The van der Waals surface area contributed by atoms with E-state index in [-0.39, 0.29) is 36.0 Å². The van der Waals surface area contributed by atoms with Crippen molar-refractivity contribution in [3.05, 3.63) is 65.4 Å². The van der Waals surface area contributed by atoms with Gasteiger partial charge in [0.15, 0.2) is 0 Å². The summed E-state index contributed by atoms with van der Waals surface area (Å²) in [4.78, 5) is 31.8. The van der Waals surface area contributed by atoms with Crippen LogP contribution in [0.3, 0.4) is 0 Å². The molecular weight excluding hydrogens is 400 g/mol. The summed E-state index contributed by atoms with van der Waals surface area (Å²) in [7, 11) is 3.18. The SMILES string of the molecule is C=CCn1c(-c2ccc(OC)cc2)cn2cc(C(=O)N(C)[C@H]3COC[C@@H]3O)nc2c1=O. The van der Waals surface area contributed by atoms with Crippen LogP contribution in [0.2, 0.25) is 0 Å². The fraction of sp³-hybridized carbons (Fsp3) is 0.318. The molecule has 162 valence electrons. The highest BCUT2D eigenvalue weighted by atomic mass is 16.5. The molecule has 0 radical (unpaired) electrons. The molecule has 0 unspecified atom stereocenters. The largest absolute Gasteiger partial charge is 0.497 e. The Kier molecular flexibility index (Phi) is 5.62. The van der Waals surface area contributed by atoms with Crippen molar-refractivity contribution in [2.75, 3.05) is 27.4 Å². The number of ether oxygens (including phenoxy) is 2. The Morgan fingerprint density at radius 3 is 2.71 bits per heavy atom. The van der Waals surface area contributed by atoms with E-state index >= 15 is 0 Å². The first-order chi connectivity index (χ1) is 14.9. The highest BCUT2D eigenvalue weighted by molar-refractivity contribution is 5.93. The van der Waals surface area contributed by atoms with Crippen LogP contribution in [0.25, 0.3) is 16.9 Å². The van der Waals surface area contributed by atoms with Crippen molar-refractivity contribution in [3.8, 4) is 17.0 Å². The summed E-state index contributed by atoms with van der Waals surface area (Å²) in [6, 6.07) is 6.89. The first-order valence-electron chi connectivity index (χ1n) is 9.85. The van der Waals surface area contributed by atoms with Gasteiger partial charge in [0.05, 0.1) is 38.2 Å². The van der Waals surface area contributed by atoms with Crippen LogP contribution in [-0.4, -0.2) is 69.4 Å². The summed E-state index contributed by atoms with van der Waals surface area (Å²) in [5.74, 6) is 0.318. The van der Waals surface area contributed by atoms with Crippen LogP contribution in [0.15, 0.2) is 54.1 Å². The molecule has 0 aliphatic carbocycles. The van der Waals surface area contributed by atoms with E-state index in [4.69, 9.17) is 9.47 Å². The highest BCUT2D eigenvalue weighted by Crippen LogP contribution is 2.23. The van der Waals surface area contributed by atoms with E-state index in [9.17, 15) is 14.7 Å². The Morgan fingerprint density at radius 2 is 2.10 bits per heavy atom. The maximum atomic E-state index is 13.2. The average Bonchev–Trinajstić information content (AvgIpc) is 3.41. The number of fused-ring (bicyclic) bond motifs is 1. The molecule has 1 saturated heterocycles. The minimum Gasteiger partial charge on any atom is -0.497 e.